The van der Waals surface area contributed by atoms with Crippen LogP contribution < -0.4 is 5.32 Å². The first-order valence-electron chi connectivity index (χ1n) is 4.89. The third kappa shape index (κ3) is 2.34. The summed E-state index contributed by atoms with van der Waals surface area (Å²) in [6, 6.07) is 0. The van der Waals surface area contributed by atoms with Crippen molar-refractivity contribution >= 4 is 5.84 Å². The highest BCUT2D eigenvalue weighted by atomic mass is 15.0. The van der Waals surface area contributed by atoms with Crippen LogP contribution in [0.25, 0.3) is 0 Å². The number of nitrogens with one attached hydrogen (secondary N) is 1. The van der Waals surface area contributed by atoms with E-state index in [2.05, 4.69) is 23.5 Å². The highest BCUT2D eigenvalue weighted by Crippen LogP contribution is 2.22. The molecule has 78 valence electrons. The van der Waals surface area contributed by atoms with E-state index in [-0.39, 0.29) is 0 Å². The average molecular weight is 200 g/mol. The highest BCUT2D eigenvalue weighted by molar-refractivity contribution is 6.07. The summed E-state index contributed by atoms with van der Waals surface area (Å²) in [6.07, 6.45) is 9.38. The van der Waals surface area contributed by atoms with Crippen LogP contribution in [-0.4, -0.2) is 5.84 Å². The second-order valence-electron chi connectivity index (χ2n) is 3.10. The lowest BCUT2D eigenvalue weighted by molar-refractivity contribution is 1.20. The maximum Gasteiger partial charge on any atom is 0.137 e. The molecule has 0 aromatic carbocycles. The van der Waals surface area contributed by atoms with E-state index in [0.29, 0.717) is 0 Å². The minimum absolute atomic E-state index is 0.788. The molecule has 2 nitrogen and oxygen atoms in total. The number of rotatable bonds is 3. The van der Waals surface area contributed by atoms with Crippen LogP contribution in [0.3, 0.4) is 0 Å². The summed E-state index contributed by atoms with van der Waals surface area (Å²) in [4.78, 5) is 4.26. The molecule has 0 aromatic heterocycles. The van der Waals surface area contributed by atoms with E-state index in [0.717, 1.165) is 22.7 Å². The Balaban J connectivity index is 3.05. The van der Waals surface area contributed by atoms with E-state index in [1.807, 2.05) is 32.1 Å². The van der Waals surface area contributed by atoms with Crippen molar-refractivity contribution in [3.8, 4) is 0 Å². The number of nitrogens with zero attached hydrogens (tertiary/aromatic N) is 1. The van der Waals surface area contributed by atoms with Gasteiger partial charge in [-0.2, -0.15) is 0 Å². The van der Waals surface area contributed by atoms with Gasteiger partial charge < -0.3 is 5.32 Å². The van der Waals surface area contributed by atoms with Crippen molar-refractivity contribution in [3.05, 3.63) is 60.5 Å². The van der Waals surface area contributed by atoms with Crippen LogP contribution in [0.15, 0.2) is 65.5 Å². The van der Waals surface area contributed by atoms with Crippen molar-refractivity contribution in [2.45, 2.75) is 13.8 Å². The van der Waals surface area contributed by atoms with Crippen molar-refractivity contribution in [2.75, 3.05) is 0 Å². The van der Waals surface area contributed by atoms with Crippen molar-refractivity contribution < 1.29 is 0 Å². The largest absolute Gasteiger partial charge is 0.339 e. The minimum Gasteiger partial charge on any atom is -0.339 e. The van der Waals surface area contributed by atoms with Gasteiger partial charge in [0.15, 0.2) is 0 Å². The zero-order valence-electron chi connectivity index (χ0n) is 9.25. The summed E-state index contributed by atoms with van der Waals surface area (Å²) in [5.41, 5.74) is 2.92. The van der Waals surface area contributed by atoms with Gasteiger partial charge in [-0.15, -0.1) is 0 Å². The summed E-state index contributed by atoms with van der Waals surface area (Å²) in [5, 5.41) is 3.17. The molecule has 0 aromatic rings. The molecular weight excluding hydrogens is 184 g/mol. The van der Waals surface area contributed by atoms with Gasteiger partial charge in [0, 0.05) is 23.0 Å². The fraction of sp³-hybridized carbons (Fsp3) is 0.154. The van der Waals surface area contributed by atoms with Crippen molar-refractivity contribution in [1.82, 2.24) is 5.32 Å². The van der Waals surface area contributed by atoms with Crippen LogP contribution in [0.4, 0.5) is 0 Å². The van der Waals surface area contributed by atoms with Gasteiger partial charge in [0.25, 0.3) is 0 Å². The Hall–Kier alpha value is -1.83. The van der Waals surface area contributed by atoms with Crippen LogP contribution in [0.5, 0.6) is 0 Å². The Morgan fingerprint density at radius 2 is 2.00 bits per heavy atom. The Morgan fingerprint density at radius 1 is 1.27 bits per heavy atom. The van der Waals surface area contributed by atoms with E-state index in [9.17, 15) is 0 Å². The van der Waals surface area contributed by atoms with E-state index >= 15 is 0 Å². The zero-order valence-corrected chi connectivity index (χ0v) is 9.25. The van der Waals surface area contributed by atoms with Gasteiger partial charge in [0.1, 0.15) is 5.84 Å². The summed E-state index contributed by atoms with van der Waals surface area (Å²) in [6.45, 7) is 11.7. The molecule has 1 rings (SSSR count). The fourth-order valence-corrected chi connectivity index (χ4v) is 1.34. The maximum atomic E-state index is 4.26. The van der Waals surface area contributed by atoms with Crippen LogP contribution in [-0.2, 0) is 0 Å². The molecular formula is C13H16N2. The number of allylic oxidation sites excluding steroid dienone is 4. The molecule has 0 bridgehead atoms. The predicted octanol–water partition coefficient (Wildman–Crippen LogP) is 3.09. The van der Waals surface area contributed by atoms with Gasteiger partial charge >= 0.3 is 0 Å². The summed E-state index contributed by atoms with van der Waals surface area (Å²) in [5.74, 6) is 0.788. The molecule has 0 fully saturated rings. The monoisotopic (exact) mass is 200 g/mol. The minimum atomic E-state index is 0.788. The van der Waals surface area contributed by atoms with Crippen LogP contribution in [0, 0.1) is 0 Å². The standard InChI is InChI=1S/C13H16N2/c1-5-8-11-10(4)13(14-9-6-2)15-12(11)7-3/h5-9H,3-4H2,1-2H3,(H,14,15)/b8-5-,9-6-. The Bertz CT molecular complexity index is 393. The average Bonchev–Trinajstić information content (AvgIpc) is 2.54. The maximum absolute atomic E-state index is 4.26. The molecule has 2 heteroatoms. The van der Waals surface area contributed by atoms with Crippen LogP contribution >= 0.6 is 0 Å². The van der Waals surface area contributed by atoms with Gasteiger partial charge in [-0.05, 0) is 19.9 Å². The van der Waals surface area contributed by atoms with E-state index < -0.39 is 0 Å². The lowest BCUT2D eigenvalue weighted by Gasteiger charge is -1.97. The molecule has 0 atom stereocenters. The first-order valence-corrected chi connectivity index (χ1v) is 4.89. The number of hydrogen-bond acceptors (Lipinski definition) is 1. The third-order valence-corrected chi connectivity index (χ3v) is 2.04. The lowest BCUT2D eigenvalue weighted by Crippen LogP contribution is -2.15. The van der Waals surface area contributed by atoms with Crippen molar-refractivity contribution in [1.29, 1.82) is 0 Å². The predicted molar refractivity (Wildman–Crippen MR) is 66.6 cm³/mol. The van der Waals surface area contributed by atoms with Gasteiger partial charge in [-0.25, -0.2) is 4.99 Å². The lowest BCUT2D eigenvalue weighted by atomic mass is 10.1. The SMILES string of the molecule is C=CC1=C(/C=C\C)C(=C)C(=N/C=C\C)N1. The quantitative estimate of drug-likeness (QED) is 0.743. The first kappa shape index (κ1) is 11.2. The van der Waals surface area contributed by atoms with Gasteiger partial charge in [0.2, 0.25) is 0 Å². The topological polar surface area (TPSA) is 24.4 Å². The number of aliphatic imine (C=N–C) groups is 1. The summed E-state index contributed by atoms with van der Waals surface area (Å²) in [7, 11) is 0. The molecule has 0 aliphatic carbocycles. The van der Waals surface area contributed by atoms with Crippen LogP contribution in [0.2, 0.25) is 0 Å². The molecule has 0 saturated heterocycles. The van der Waals surface area contributed by atoms with Crippen LogP contribution in [0.1, 0.15) is 13.8 Å². The molecule has 1 aliphatic heterocycles. The second kappa shape index (κ2) is 5.15. The van der Waals surface area contributed by atoms with Crippen molar-refractivity contribution in [2.24, 2.45) is 4.99 Å². The Kier molecular flexibility index (Phi) is 3.86. The molecule has 0 amide bonds. The van der Waals surface area contributed by atoms with E-state index in [1.54, 1.807) is 12.3 Å². The third-order valence-electron chi connectivity index (χ3n) is 2.04. The molecule has 0 saturated carbocycles. The fourth-order valence-electron chi connectivity index (χ4n) is 1.34. The second-order valence-corrected chi connectivity index (χ2v) is 3.10. The van der Waals surface area contributed by atoms with Gasteiger partial charge in [-0.3, -0.25) is 0 Å². The highest BCUT2D eigenvalue weighted by Gasteiger charge is 2.19. The first-order chi connectivity index (χ1) is 7.24. The Morgan fingerprint density at radius 3 is 2.53 bits per heavy atom. The molecule has 0 radical (unpaired) electrons. The smallest absolute Gasteiger partial charge is 0.137 e. The molecule has 0 spiro atoms. The summed E-state index contributed by atoms with van der Waals surface area (Å²) >= 11 is 0. The zero-order chi connectivity index (χ0) is 11.3. The van der Waals surface area contributed by atoms with E-state index in [1.165, 1.54) is 0 Å². The number of amidine groups is 1. The summed E-state index contributed by atoms with van der Waals surface area (Å²) < 4.78 is 0. The molecule has 1 heterocycles. The van der Waals surface area contributed by atoms with E-state index in [4.69, 9.17) is 0 Å². The van der Waals surface area contributed by atoms with Gasteiger partial charge in [-0.1, -0.05) is 31.4 Å². The molecule has 0 unspecified atom stereocenters. The molecule has 15 heavy (non-hydrogen) atoms. The van der Waals surface area contributed by atoms with Crippen molar-refractivity contribution in [3.63, 3.8) is 0 Å². The molecule has 1 aliphatic rings. The normalized spacial score (nSPS) is 19.6. The molecule has 1 N–H and O–H groups in total. The Labute approximate surface area is 91.1 Å². The number of hydrogen-bond donors (Lipinski definition) is 1. The van der Waals surface area contributed by atoms with Gasteiger partial charge in [0.05, 0.1) is 0 Å².